The van der Waals surface area contributed by atoms with Crippen molar-refractivity contribution in [2.75, 3.05) is 5.01 Å². The van der Waals surface area contributed by atoms with Gasteiger partial charge in [0.1, 0.15) is 0 Å². The third kappa shape index (κ3) is 3.34. The molecule has 3 rings (SSSR count). The molecule has 1 aliphatic heterocycles. The maximum atomic E-state index is 12.7. The lowest BCUT2D eigenvalue weighted by atomic mass is 10.1. The first-order valence-corrected chi connectivity index (χ1v) is 8.33. The fourth-order valence-electron chi connectivity index (χ4n) is 2.26. The van der Waals surface area contributed by atoms with Crippen molar-refractivity contribution >= 4 is 62.5 Å². The number of carbonyl (C=O) groups excluding carboxylic acids is 1. The molecule has 1 heterocycles. The zero-order valence-corrected chi connectivity index (χ0v) is 15.2. The van der Waals surface area contributed by atoms with E-state index in [1.807, 2.05) is 30.3 Å². The van der Waals surface area contributed by atoms with Gasteiger partial charge in [-0.2, -0.15) is 10.1 Å². The lowest BCUT2D eigenvalue weighted by Gasteiger charge is -2.13. The molecule has 0 radical (unpaired) electrons. The van der Waals surface area contributed by atoms with E-state index in [2.05, 4.69) is 21.0 Å². The number of anilines is 1. The van der Waals surface area contributed by atoms with Crippen LogP contribution >= 0.6 is 39.1 Å². The zero-order chi connectivity index (χ0) is 16.6. The summed E-state index contributed by atoms with van der Waals surface area (Å²) in [5.74, 6) is -0.230. The van der Waals surface area contributed by atoms with Gasteiger partial charge in [-0.05, 0) is 48.9 Å². The maximum Gasteiger partial charge on any atom is 0.280 e. The molecule has 1 amide bonds. The van der Waals surface area contributed by atoms with Crippen LogP contribution in [0.3, 0.4) is 0 Å². The molecule has 2 aromatic carbocycles. The SMILES string of the molecule is CC1=NN(c2cc(Cl)ccc2Cl)C(=O)C1=Cc1cccc(Br)c1. The van der Waals surface area contributed by atoms with Crippen molar-refractivity contribution in [2.24, 2.45) is 5.10 Å². The van der Waals surface area contributed by atoms with Crippen molar-refractivity contribution in [1.29, 1.82) is 0 Å². The monoisotopic (exact) mass is 408 g/mol. The van der Waals surface area contributed by atoms with Crippen LogP contribution in [0, 0.1) is 0 Å². The average Bonchev–Trinajstić information content (AvgIpc) is 2.78. The van der Waals surface area contributed by atoms with Crippen LogP contribution < -0.4 is 5.01 Å². The van der Waals surface area contributed by atoms with Gasteiger partial charge in [0.15, 0.2) is 0 Å². The van der Waals surface area contributed by atoms with Crippen molar-refractivity contribution in [3.05, 3.63) is 68.1 Å². The van der Waals surface area contributed by atoms with E-state index in [1.165, 1.54) is 5.01 Å². The summed E-state index contributed by atoms with van der Waals surface area (Å²) in [6, 6.07) is 12.6. The topological polar surface area (TPSA) is 32.7 Å². The van der Waals surface area contributed by atoms with Gasteiger partial charge >= 0.3 is 0 Å². The molecule has 0 fully saturated rings. The third-order valence-corrected chi connectivity index (χ3v) is 4.41. The van der Waals surface area contributed by atoms with Gasteiger partial charge in [0.05, 0.1) is 22.0 Å². The zero-order valence-electron chi connectivity index (χ0n) is 12.1. The first-order valence-electron chi connectivity index (χ1n) is 6.78. The Morgan fingerprint density at radius 2 is 1.96 bits per heavy atom. The van der Waals surface area contributed by atoms with Gasteiger partial charge in [0.25, 0.3) is 5.91 Å². The number of hydrogen-bond donors (Lipinski definition) is 0. The van der Waals surface area contributed by atoms with Gasteiger partial charge in [0.2, 0.25) is 0 Å². The number of rotatable bonds is 2. The van der Waals surface area contributed by atoms with E-state index in [0.29, 0.717) is 27.0 Å². The van der Waals surface area contributed by atoms with Gasteiger partial charge in [-0.15, -0.1) is 0 Å². The van der Waals surface area contributed by atoms with E-state index in [1.54, 1.807) is 25.1 Å². The molecule has 0 aliphatic carbocycles. The van der Waals surface area contributed by atoms with Crippen LogP contribution in [0.5, 0.6) is 0 Å². The minimum Gasteiger partial charge on any atom is -0.267 e. The summed E-state index contributed by atoms with van der Waals surface area (Å²) in [7, 11) is 0. The standard InChI is InChI=1S/C17H11BrCl2N2O/c1-10-14(8-11-3-2-4-12(18)7-11)17(23)22(21-10)16-9-13(19)5-6-15(16)20/h2-9H,1H3. The molecule has 0 bridgehead atoms. The summed E-state index contributed by atoms with van der Waals surface area (Å²) in [5, 5.41) is 6.52. The van der Waals surface area contributed by atoms with E-state index < -0.39 is 0 Å². The van der Waals surface area contributed by atoms with Crippen LogP contribution in [0.2, 0.25) is 10.0 Å². The van der Waals surface area contributed by atoms with E-state index in [0.717, 1.165) is 10.0 Å². The Hall–Kier alpha value is -1.62. The maximum absolute atomic E-state index is 12.7. The van der Waals surface area contributed by atoms with Gasteiger partial charge in [-0.1, -0.05) is 51.3 Å². The van der Waals surface area contributed by atoms with E-state index in [9.17, 15) is 4.79 Å². The number of hydrazone groups is 1. The molecule has 0 saturated carbocycles. The smallest absolute Gasteiger partial charge is 0.267 e. The Balaban J connectivity index is 2.00. The summed E-state index contributed by atoms with van der Waals surface area (Å²) in [4.78, 5) is 12.7. The highest BCUT2D eigenvalue weighted by molar-refractivity contribution is 9.10. The quantitative estimate of drug-likeness (QED) is 0.597. The minimum atomic E-state index is -0.230. The number of hydrogen-bond acceptors (Lipinski definition) is 2. The van der Waals surface area contributed by atoms with Gasteiger partial charge in [0, 0.05) is 9.50 Å². The average molecular weight is 410 g/mol. The highest BCUT2D eigenvalue weighted by Crippen LogP contribution is 2.33. The molecule has 0 atom stereocenters. The number of carbonyl (C=O) groups is 1. The Morgan fingerprint density at radius 1 is 1.17 bits per heavy atom. The molecular formula is C17H11BrCl2N2O. The Kier molecular flexibility index (Phi) is 4.57. The molecule has 6 heteroatoms. The second-order valence-electron chi connectivity index (χ2n) is 5.01. The number of nitrogens with zero attached hydrogens (tertiary/aromatic N) is 2. The molecule has 0 N–H and O–H groups in total. The molecule has 0 saturated heterocycles. The summed E-state index contributed by atoms with van der Waals surface area (Å²) in [5.41, 5.74) is 2.54. The molecule has 2 aromatic rings. The summed E-state index contributed by atoms with van der Waals surface area (Å²) < 4.78 is 0.946. The minimum absolute atomic E-state index is 0.230. The van der Waals surface area contributed by atoms with Gasteiger partial charge in [-0.25, -0.2) is 0 Å². The fraction of sp³-hybridized carbons (Fsp3) is 0.0588. The predicted molar refractivity (Wildman–Crippen MR) is 99.2 cm³/mol. The molecular weight excluding hydrogens is 399 g/mol. The fourth-order valence-corrected chi connectivity index (χ4v) is 3.04. The summed E-state index contributed by atoms with van der Waals surface area (Å²) in [6.45, 7) is 1.79. The van der Waals surface area contributed by atoms with E-state index in [4.69, 9.17) is 23.2 Å². The normalized spacial score (nSPS) is 16.2. The van der Waals surface area contributed by atoms with Crippen LogP contribution in [-0.4, -0.2) is 11.6 Å². The number of halogens is 3. The van der Waals surface area contributed by atoms with Gasteiger partial charge < -0.3 is 0 Å². The van der Waals surface area contributed by atoms with Crippen LogP contribution in [-0.2, 0) is 4.79 Å². The van der Waals surface area contributed by atoms with E-state index in [-0.39, 0.29) is 5.91 Å². The van der Waals surface area contributed by atoms with Gasteiger partial charge in [-0.3, -0.25) is 4.79 Å². The van der Waals surface area contributed by atoms with Crippen molar-refractivity contribution < 1.29 is 4.79 Å². The van der Waals surface area contributed by atoms with Crippen LogP contribution in [0.25, 0.3) is 6.08 Å². The Morgan fingerprint density at radius 3 is 2.70 bits per heavy atom. The lowest BCUT2D eigenvalue weighted by Crippen LogP contribution is -2.21. The molecule has 116 valence electrons. The highest BCUT2D eigenvalue weighted by Gasteiger charge is 2.30. The molecule has 23 heavy (non-hydrogen) atoms. The van der Waals surface area contributed by atoms with Crippen molar-refractivity contribution in [2.45, 2.75) is 6.92 Å². The van der Waals surface area contributed by atoms with E-state index >= 15 is 0 Å². The Bertz CT molecular complexity index is 861. The number of amides is 1. The molecule has 0 spiro atoms. The van der Waals surface area contributed by atoms with Crippen LogP contribution in [0.4, 0.5) is 5.69 Å². The first kappa shape index (κ1) is 16.2. The van der Waals surface area contributed by atoms with Crippen LogP contribution in [0.15, 0.2) is 57.6 Å². The lowest BCUT2D eigenvalue weighted by molar-refractivity contribution is -0.114. The van der Waals surface area contributed by atoms with Crippen molar-refractivity contribution in [1.82, 2.24) is 0 Å². The largest absolute Gasteiger partial charge is 0.280 e. The second kappa shape index (κ2) is 6.48. The number of benzene rings is 2. The second-order valence-corrected chi connectivity index (χ2v) is 6.77. The first-order chi connectivity index (χ1) is 11.0. The highest BCUT2D eigenvalue weighted by atomic mass is 79.9. The predicted octanol–water partition coefficient (Wildman–Crippen LogP) is 5.56. The molecule has 1 aliphatic rings. The Labute approximate surface area is 152 Å². The molecule has 0 aromatic heterocycles. The third-order valence-electron chi connectivity index (χ3n) is 3.36. The summed E-state index contributed by atoms with van der Waals surface area (Å²) >= 11 is 15.6. The van der Waals surface area contributed by atoms with Crippen LogP contribution in [0.1, 0.15) is 12.5 Å². The molecule has 3 nitrogen and oxygen atoms in total. The van der Waals surface area contributed by atoms with Crippen molar-refractivity contribution in [3.63, 3.8) is 0 Å². The summed E-state index contributed by atoms with van der Waals surface area (Å²) in [6.07, 6.45) is 1.81. The molecule has 0 unspecified atom stereocenters. The van der Waals surface area contributed by atoms with Crippen molar-refractivity contribution in [3.8, 4) is 0 Å².